The Hall–Kier alpha value is -0.240. The Morgan fingerprint density at radius 1 is 1.67 bits per heavy atom. The zero-order valence-corrected chi connectivity index (χ0v) is 8.69. The molecule has 0 aromatic heterocycles. The Balaban J connectivity index is 2.39. The van der Waals surface area contributed by atoms with E-state index in [0.717, 1.165) is 6.42 Å². The van der Waals surface area contributed by atoms with Crippen molar-refractivity contribution in [1.82, 2.24) is 4.90 Å². The molecule has 0 N–H and O–H groups in total. The summed E-state index contributed by atoms with van der Waals surface area (Å²) < 4.78 is 0. The zero-order chi connectivity index (χ0) is 9.35. The topological polar surface area (TPSA) is 20.3 Å². The van der Waals surface area contributed by atoms with Crippen LogP contribution in [0.2, 0.25) is 0 Å². The lowest BCUT2D eigenvalue weighted by Gasteiger charge is -2.16. The van der Waals surface area contributed by atoms with Gasteiger partial charge in [-0.3, -0.25) is 4.79 Å². The summed E-state index contributed by atoms with van der Waals surface area (Å²) >= 11 is 5.54. The molecule has 0 saturated heterocycles. The molecule has 12 heavy (non-hydrogen) atoms. The predicted molar refractivity (Wildman–Crippen MR) is 50.2 cm³/mol. The molecule has 0 aromatic rings. The second kappa shape index (κ2) is 3.25. The molecule has 1 atom stereocenters. The third kappa shape index (κ3) is 1.92. The van der Waals surface area contributed by atoms with Gasteiger partial charge in [0.25, 0.3) is 0 Å². The van der Waals surface area contributed by atoms with Crippen LogP contribution in [0.5, 0.6) is 0 Å². The molecule has 0 spiro atoms. The molecule has 2 nitrogen and oxygen atoms in total. The lowest BCUT2D eigenvalue weighted by molar-refractivity contribution is -0.131. The summed E-state index contributed by atoms with van der Waals surface area (Å²) in [5.74, 6) is 1.02. The molecule has 0 aliphatic heterocycles. The number of carbonyl (C=O) groups excluding carboxylic acids is 1. The number of carbonyl (C=O) groups is 1. The van der Waals surface area contributed by atoms with Crippen LogP contribution < -0.4 is 0 Å². The number of rotatable bonds is 3. The number of amides is 1. The highest BCUT2D eigenvalue weighted by molar-refractivity contribution is 6.18. The van der Waals surface area contributed by atoms with Gasteiger partial charge in [-0.1, -0.05) is 13.8 Å². The van der Waals surface area contributed by atoms with Crippen molar-refractivity contribution < 1.29 is 4.79 Å². The van der Waals surface area contributed by atoms with Crippen LogP contribution in [0.3, 0.4) is 0 Å². The molecule has 0 heterocycles. The second-order valence-corrected chi connectivity index (χ2v) is 4.57. The summed E-state index contributed by atoms with van der Waals surface area (Å²) in [6.07, 6.45) is 1.03. The molecule has 0 radical (unpaired) electrons. The van der Waals surface area contributed by atoms with Gasteiger partial charge in [0.05, 0.1) is 0 Å². The highest BCUT2D eigenvalue weighted by Gasteiger charge is 2.51. The van der Waals surface area contributed by atoms with Gasteiger partial charge in [0, 0.05) is 25.4 Å². The summed E-state index contributed by atoms with van der Waals surface area (Å²) in [5.41, 5.74) is 0.234. The standard InChI is InChI=1S/C9H16ClNO/c1-9(2)6-7(9)8(12)11(3)5-4-10/h7H,4-6H2,1-3H3. The molecule has 70 valence electrons. The van der Waals surface area contributed by atoms with Gasteiger partial charge in [0.1, 0.15) is 0 Å². The Kier molecular flexibility index (Phi) is 2.67. The van der Waals surface area contributed by atoms with Crippen molar-refractivity contribution in [2.45, 2.75) is 20.3 Å². The molecule has 1 saturated carbocycles. The maximum atomic E-state index is 11.6. The van der Waals surface area contributed by atoms with E-state index in [1.165, 1.54) is 0 Å². The Morgan fingerprint density at radius 2 is 2.17 bits per heavy atom. The van der Waals surface area contributed by atoms with Gasteiger partial charge >= 0.3 is 0 Å². The van der Waals surface area contributed by atoms with Crippen LogP contribution >= 0.6 is 11.6 Å². The van der Waals surface area contributed by atoms with E-state index in [1.807, 2.05) is 7.05 Å². The molecule has 3 heteroatoms. The quantitative estimate of drug-likeness (QED) is 0.620. The van der Waals surface area contributed by atoms with Crippen molar-refractivity contribution in [2.75, 3.05) is 19.5 Å². The summed E-state index contributed by atoms with van der Waals surface area (Å²) in [6.45, 7) is 4.92. The Labute approximate surface area is 78.9 Å². The highest BCUT2D eigenvalue weighted by atomic mass is 35.5. The van der Waals surface area contributed by atoms with Crippen molar-refractivity contribution in [1.29, 1.82) is 0 Å². The highest BCUT2D eigenvalue weighted by Crippen LogP contribution is 2.52. The lowest BCUT2D eigenvalue weighted by Crippen LogP contribution is -2.31. The van der Waals surface area contributed by atoms with Gasteiger partial charge in [0.2, 0.25) is 5.91 Å². The van der Waals surface area contributed by atoms with Crippen molar-refractivity contribution in [3.8, 4) is 0 Å². The van der Waals surface area contributed by atoms with Crippen LogP contribution in [0.1, 0.15) is 20.3 Å². The summed E-state index contributed by atoms with van der Waals surface area (Å²) in [5, 5.41) is 0. The maximum Gasteiger partial charge on any atom is 0.226 e. The van der Waals surface area contributed by atoms with Crippen LogP contribution in [0.25, 0.3) is 0 Å². The van der Waals surface area contributed by atoms with Crippen molar-refractivity contribution in [3.63, 3.8) is 0 Å². The molecular weight excluding hydrogens is 174 g/mol. The van der Waals surface area contributed by atoms with E-state index in [0.29, 0.717) is 12.4 Å². The minimum Gasteiger partial charge on any atom is -0.344 e. The van der Waals surface area contributed by atoms with Crippen LogP contribution in [0.15, 0.2) is 0 Å². The normalized spacial score (nSPS) is 25.2. The van der Waals surface area contributed by atoms with Gasteiger partial charge in [-0.2, -0.15) is 0 Å². The molecule has 1 aliphatic rings. The molecule has 1 fully saturated rings. The van der Waals surface area contributed by atoms with Crippen LogP contribution in [-0.2, 0) is 4.79 Å². The number of hydrogen-bond donors (Lipinski definition) is 0. The fourth-order valence-electron chi connectivity index (χ4n) is 1.39. The van der Waals surface area contributed by atoms with Crippen LogP contribution in [-0.4, -0.2) is 30.3 Å². The van der Waals surface area contributed by atoms with E-state index in [4.69, 9.17) is 11.6 Å². The SMILES string of the molecule is CN(CCCl)C(=O)C1CC1(C)C. The summed E-state index contributed by atoms with van der Waals surface area (Å²) in [7, 11) is 1.82. The van der Waals surface area contributed by atoms with Crippen molar-refractivity contribution >= 4 is 17.5 Å². The van der Waals surface area contributed by atoms with E-state index in [2.05, 4.69) is 13.8 Å². The number of halogens is 1. The molecule has 1 unspecified atom stereocenters. The first kappa shape index (κ1) is 9.85. The first-order chi connectivity index (χ1) is 5.49. The fourth-order valence-corrected chi connectivity index (χ4v) is 1.65. The molecule has 1 aliphatic carbocycles. The van der Waals surface area contributed by atoms with E-state index in [-0.39, 0.29) is 17.2 Å². The van der Waals surface area contributed by atoms with E-state index in [9.17, 15) is 4.79 Å². The van der Waals surface area contributed by atoms with Crippen molar-refractivity contribution in [2.24, 2.45) is 11.3 Å². The third-order valence-corrected chi connectivity index (χ3v) is 2.78. The second-order valence-electron chi connectivity index (χ2n) is 4.19. The Bertz CT molecular complexity index is 191. The zero-order valence-electron chi connectivity index (χ0n) is 7.93. The molecular formula is C9H16ClNO. The molecule has 1 rings (SSSR count). The molecule has 0 bridgehead atoms. The maximum absolute atomic E-state index is 11.6. The van der Waals surface area contributed by atoms with Crippen molar-refractivity contribution in [3.05, 3.63) is 0 Å². The van der Waals surface area contributed by atoms with Gasteiger partial charge < -0.3 is 4.90 Å². The molecule has 0 aromatic carbocycles. The van der Waals surface area contributed by atoms with E-state index < -0.39 is 0 Å². The summed E-state index contributed by atoms with van der Waals surface area (Å²) in [4.78, 5) is 13.3. The molecule has 1 amide bonds. The van der Waals surface area contributed by atoms with E-state index in [1.54, 1.807) is 4.90 Å². The Morgan fingerprint density at radius 3 is 2.50 bits per heavy atom. The average molecular weight is 190 g/mol. The van der Waals surface area contributed by atoms with Crippen LogP contribution in [0, 0.1) is 11.3 Å². The predicted octanol–water partition coefficient (Wildman–Crippen LogP) is 1.73. The largest absolute Gasteiger partial charge is 0.344 e. The smallest absolute Gasteiger partial charge is 0.226 e. The van der Waals surface area contributed by atoms with E-state index >= 15 is 0 Å². The van der Waals surface area contributed by atoms with Gasteiger partial charge in [-0.25, -0.2) is 0 Å². The number of alkyl halides is 1. The van der Waals surface area contributed by atoms with Gasteiger partial charge in [-0.05, 0) is 11.8 Å². The first-order valence-electron chi connectivity index (χ1n) is 4.30. The first-order valence-corrected chi connectivity index (χ1v) is 4.83. The third-order valence-electron chi connectivity index (χ3n) is 2.61. The number of hydrogen-bond acceptors (Lipinski definition) is 1. The van der Waals surface area contributed by atoms with Gasteiger partial charge in [-0.15, -0.1) is 11.6 Å². The average Bonchev–Trinajstić information content (AvgIpc) is 2.59. The minimum atomic E-state index is 0.234. The minimum absolute atomic E-state index is 0.234. The monoisotopic (exact) mass is 189 g/mol. The number of nitrogens with zero attached hydrogens (tertiary/aromatic N) is 1. The fraction of sp³-hybridized carbons (Fsp3) is 0.889. The van der Waals surface area contributed by atoms with Crippen LogP contribution in [0.4, 0.5) is 0 Å². The van der Waals surface area contributed by atoms with Gasteiger partial charge in [0.15, 0.2) is 0 Å². The lowest BCUT2D eigenvalue weighted by atomic mass is 10.1. The summed E-state index contributed by atoms with van der Waals surface area (Å²) in [6, 6.07) is 0.